The second-order valence-electron chi connectivity index (χ2n) is 6.36. The molecule has 0 bridgehead atoms. The maximum atomic E-state index is 12.1. The molecule has 1 heterocycles. The summed E-state index contributed by atoms with van der Waals surface area (Å²) < 4.78 is 11.8. The van der Waals surface area contributed by atoms with E-state index in [0.717, 1.165) is 31.4 Å². The molecule has 0 unspecified atom stereocenters. The summed E-state index contributed by atoms with van der Waals surface area (Å²) in [5, 5.41) is 0. The van der Waals surface area contributed by atoms with Crippen LogP contribution in [0.3, 0.4) is 0 Å². The highest BCUT2D eigenvalue weighted by atomic mass is 16.6. The summed E-state index contributed by atoms with van der Waals surface area (Å²) in [6.45, 7) is 3.57. The van der Waals surface area contributed by atoms with Gasteiger partial charge in [0.05, 0.1) is 6.26 Å². The van der Waals surface area contributed by atoms with Crippen LogP contribution in [0, 0.1) is 11.8 Å². The van der Waals surface area contributed by atoms with E-state index in [-0.39, 0.29) is 5.97 Å². The van der Waals surface area contributed by atoms with Gasteiger partial charge in [0.25, 0.3) is 0 Å². The molecule has 3 nitrogen and oxygen atoms in total. The lowest BCUT2D eigenvalue weighted by Crippen LogP contribution is -2.44. The molecule has 3 rings (SSSR count). The van der Waals surface area contributed by atoms with Crippen molar-refractivity contribution in [3.8, 4) is 0 Å². The van der Waals surface area contributed by atoms with Crippen molar-refractivity contribution in [1.29, 1.82) is 0 Å². The smallest absolute Gasteiger partial charge is 0.331 e. The number of hydrogen-bond donors (Lipinski definition) is 0. The van der Waals surface area contributed by atoms with Gasteiger partial charge in [-0.15, -0.1) is 0 Å². The first-order valence-electron chi connectivity index (χ1n) is 8.16. The van der Waals surface area contributed by atoms with Crippen LogP contribution < -0.4 is 0 Å². The summed E-state index contributed by atoms with van der Waals surface area (Å²) in [4.78, 5) is 12.1. The molecule has 0 spiro atoms. The third-order valence-electron chi connectivity index (χ3n) is 5.27. The fourth-order valence-electron chi connectivity index (χ4n) is 4.37. The Balaban J connectivity index is 2.03. The van der Waals surface area contributed by atoms with Gasteiger partial charge in [-0.05, 0) is 37.8 Å². The van der Waals surface area contributed by atoms with Crippen molar-refractivity contribution < 1.29 is 13.9 Å². The van der Waals surface area contributed by atoms with Crippen molar-refractivity contribution in [1.82, 2.24) is 0 Å². The summed E-state index contributed by atoms with van der Waals surface area (Å²) in [6.07, 6.45) is 12.3. The Bertz CT molecular complexity index is 461. The van der Waals surface area contributed by atoms with E-state index in [0.29, 0.717) is 11.8 Å². The average Bonchev–Trinajstić information content (AvgIpc) is 3.28. The van der Waals surface area contributed by atoms with E-state index in [1.54, 1.807) is 6.26 Å². The monoisotopic (exact) mass is 288 g/mol. The minimum absolute atomic E-state index is 0.329. The summed E-state index contributed by atoms with van der Waals surface area (Å²) in [6, 6.07) is 3.88. The number of carbonyl (C=O) groups excluding carboxylic acids is 1. The number of hydrogen-bond acceptors (Lipinski definition) is 3. The van der Waals surface area contributed by atoms with Crippen molar-refractivity contribution in [2.24, 2.45) is 11.8 Å². The zero-order valence-corrected chi connectivity index (χ0v) is 12.6. The minimum atomic E-state index is -0.582. The van der Waals surface area contributed by atoms with Crippen LogP contribution in [0.25, 0.3) is 0 Å². The van der Waals surface area contributed by atoms with E-state index in [4.69, 9.17) is 9.15 Å². The molecule has 0 aromatic carbocycles. The number of ether oxygens (including phenoxy) is 1. The minimum Gasteiger partial charge on any atom is -0.465 e. The van der Waals surface area contributed by atoms with Crippen LogP contribution in [0.5, 0.6) is 0 Å². The zero-order chi connectivity index (χ0) is 14.7. The lowest BCUT2D eigenvalue weighted by molar-refractivity contribution is -0.176. The largest absolute Gasteiger partial charge is 0.465 e. The lowest BCUT2D eigenvalue weighted by atomic mass is 9.73. The first-order chi connectivity index (χ1) is 10.3. The second-order valence-corrected chi connectivity index (χ2v) is 6.36. The normalized spacial score (nSPS) is 20.8. The first kappa shape index (κ1) is 14.4. The van der Waals surface area contributed by atoms with Gasteiger partial charge in [0, 0.05) is 17.9 Å². The van der Waals surface area contributed by atoms with Crippen LogP contribution in [0.4, 0.5) is 0 Å². The van der Waals surface area contributed by atoms with Gasteiger partial charge in [-0.1, -0.05) is 32.3 Å². The van der Waals surface area contributed by atoms with Gasteiger partial charge in [0.2, 0.25) is 0 Å². The quantitative estimate of drug-likeness (QED) is 0.588. The number of carbonyl (C=O) groups is 1. The van der Waals surface area contributed by atoms with Gasteiger partial charge in [-0.3, -0.25) is 0 Å². The van der Waals surface area contributed by atoms with E-state index >= 15 is 0 Å². The van der Waals surface area contributed by atoms with Crippen LogP contribution in [0.2, 0.25) is 0 Å². The third kappa shape index (κ3) is 2.54. The zero-order valence-electron chi connectivity index (χ0n) is 12.6. The standard InChI is InChI=1S/C18H24O3/c1-2-17(19)21-18(14-8-3-4-9-14,15-10-5-6-11-15)16-12-7-13-20-16/h2,7,12-15H,1,3-6,8-11H2. The molecule has 0 N–H and O–H groups in total. The van der Waals surface area contributed by atoms with E-state index in [1.807, 2.05) is 12.1 Å². The van der Waals surface area contributed by atoms with Gasteiger partial charge in [-0.2, -0.15) is 0 Å². The van der Waals surface area contributed by atoms with Crippen molar-refractivity contribution in [2.45, 2.75) is 57.0 Å². The van der Waals surface area contributed by atoms with Crippen LogP contribution in [0.15, 0.2) is 35.5 Å². The summed E-state index contributed by atoms with van der Waals surface area (Å²) in [7, 11) is 0. The molecule has 2 saturated carbocycles. The van der Waals surface area contributed by atoms with Crippen LogP contribution in [-0.4, -0.2) is 5.97 Å². The van der Waals surface area contributed by atoms with Crippen molar-refractivity contribution in [3.05, 3.63) is 36.8 Å². The molecule has 0 atom stereocenters. The molecule has 0 radical (unpaired) electrons. The Hall–Kier alpha value is -1.51. The molecule has 0 saturated heterocycles. The van der Waals surface area contributed by atoms with Crippen molar-refractivity contribution in [3.63, 3.8) is 0 Å². The summed E-state index contributed by atoms with van der Waals surface area (Å²) in [5.41, 5.74) is -0.582. The van der Waals surface area contributed by atoms with Gasteiger partial charge < -0.3 is 9.15 Å². The molecular formula is C18H24O3. The Kier molecular flexibility index (Phi) is 4.18. The lowest BCUT2D eigenvalue weighted by Gasteiger charge is -2.41. The van der Waals surface area contributed by atoms with Gasteiger partial charge in [0.15, 0.2) is 5.60 Å². The topological polar surface area (TPSA) is 39.4 Å². The maximum absolute atomic E-state index is 12.1. The predicted octanol–water partition coefficient (Wildman–Crippen LogP) is 4.58. The number of esters is 1. The summed E-state index contributed by atoms with van der Waals surface area (Å²) in [5.74, 6) is 1.24. The van der Waals surface area contributed by atoms with Crippen molar-refractivity contribution in [2.75, 3.05) is 0 Å². The Labute approximate surface area is 126 Å². The van der Waals surface area contributed by atoms with E-state index in [1.165, 1.54) is 31.8 Å². The fourth-order valence-corrected chi connectivity index (χ4v) is 4.37. The van der Waals surface area contributed by atoms with Gasteiger partial charge >= 0.3 is 5.97 Å². The SMILES string of the molecule is C=CC(=O)OC(c1ccco1)(C1CCCC1)C1CCCC1. The van der Waals surface area contributed by atoms with E-state index in [2.05, 4.69) is 6.58 Å². The molecule has 2 fully saturated rings. The van der Waals surface area contributed by atoms with Crippen LogP contribution in [0.1, 0.15) is 57.1 Å². The average molecular weight is 288 g/mol. The molecule has 1 aromatic rings. The van der Waals surface area contributed by atoms with E-state index < -0.39 is 5.60 Å². The molecular weight excluding hydrogens is 264 g/mol. The Morgan fingerprint density at radius 3 is 2.19 bits per heavy atom. The van der Waals surface area contributed by atoms with Crippen molar-refractivity contribution >= 4 is 5.97 Å². The molecule has 114 valence electrons. The summed E-state index contributed by atoms with van der Waals surface area (Å²) >= 11 is 0. The molecule has 3 heteroatoms. The molecule has 0 amide bonds. The van der Waals surface area contributed by atoms with Crippen LogP contribution >= 0.6 is 0 Å². The van der Waals surface area contributed by atoms with Crippen LogP contribution in [-0.2, 0) is 15.1 Å². The highest BCUT2D eigenvalue weighted by Gasteiger charge is 2.53. The number of rotatable bonds is 5. The fraction of sp³-hybridized carbons (Fsp3) is 0.611. The molecule has 2 aliphatic carbocycles. The Morgan fingerprint density at radius 2 is 1.76 bits per heavy atom. The second kappa shape index (κ2) is 6.08. The Morgan fingerprint density at radius 1 is 1.19 bits per heavy atom. The molecule has 0 aliphatic heterocycles. The molecule has 2 aliphatic rings. The number of furan rings is 1. The first-order valence-corrected chi connectivity index (χ1v) is 8.16. The third-order valence-corrected chi connectivity index (χ3v) is 5.27. The predicted molar refractivity (Wildman–Crippen MR) is 80.6 cm³/mol. The maximum Gasteiger partial charge on any atom is 0.331 e. The van der Waals surface area contributed by atoms with Gasteiger partial charge in [-0.25, -0.2) is 4.79 Å². The highest BCUT2D eigenvalue weighted by Crippen LogP contribution is 2.53. The molecule has 1 aromatic heterocycles. The van der Waals surface area contributed by atoms with Gasteiger partial charge in [0.1, 0.15) is 5.76 Å². The highest BCUT2D eigenvalue weighted by molar-refractivity contribution is 5.81. The van der Waals surface area contributed by atoms with E-state index in [9.17, 15) is 4.79 Å². The molecule has 21 heavy (non-hydrogen) atoms.